The maximum absolute atomic E-state index is 9.39. The fourth-order valence-electron chi connectivity index (χ4n) is 0.0598. The van der Waals surface area contributed by atoms with Crippen molar-refractivity contribution in [1.82, 2.24) is 0 Å². The molecule has 9 heteroatoms. The Morgan fingerprint density at radius 3 is 1.33 bits per heavy atom. The van der Waals surface area contributed by atoms with Gasteiger partial charge in [0.1, 0.15) is 0 Å². The summed E-state index contributed by atoms with van der Waals surface area (Å²) >= 11 is 0. The summed E-state index contributed by atoms with van der Waals surface area (Å²) in [6.45, 7) is 0. The van der Waals surface area contributed by atoms with Crippen LogP contribution >= 0.6 is 16.5 Å². The average molecular weight is 447 g/mol. The molecular formula is H5BiO5P2Zr+2. The van der Waals surface area contributed by atoms with Gasteiger partial charge in [0, 0.05) is 35.3 Å². The molecule has 0 rings (SSSR count). The SMILES string of the molecule is O=[P+](O)O[P+](=O)O.[BiH3].[Zr]. The molecular weight excluding hydrogens is 442 g/mol. The second-order valence-electron chi connectivity index (χ2n) is 0.557. The van der Waals surface area contributed by atoms with Gasteiger partial charge in [-0.25, -0.2) is 0 Å². The molecule has 0 saturated heterocycles. The predicted molar refractivity (Wildman–Crippen MR) is 30.7 cm³/mol. The Labute approximate surface area is 91.3 Å². The van der Waals surface area contributed by atoms with Crippen LogP contribution in [0.15, 0.2) is 0 Å². The van der Waals surface area contributed by atoms with Crippen LogP contribution in [0.2, 0.25) is 0 Å². The average Bonchev–Trinajstić information content (AvgIpc) is 1.27. The first-order valence-electron chi connectivity index (χ1n) is 1.13. The molecule has 0 spiro atoms. The first kappa shape index (κ1) is 17.1. The van der Waals surface area contributed by atoms with Crippen LogP contribution in [-0.4, -0.2) is 36.0 Å². The minimum atomic E-state index is -2.92. The summed E-state index contributed by atoms with van der Waals surface area (Å²) in [7, 11) is -5.85. The van der Waals surface area contributed by atoms with Gasteiger partial charge in [0.2, 0.25) is 0 Å². The molecule has 0 heterocycles. The predicted octanol–water partition coefficient (Wildman–Crippen LogP) is -0.884. The summed E-state index contributed by atoms with van der Waals surface area (Å²) in [6, 6.07) is 0. The fourth-order valence-corrected chi connectivity index (χ4v) is 0.538. The third-order valence-corrected chi connectivity index (χ3v) is 1.26. The molecule has 9 heavy (non-hydrogen) atoms. The molecule has 52 valence electrons. The third-order valence-electron chi connectivity index (χ3n) is 0.140. The van der Waals surface area contributed by atoms with Crippen molar-refractivity contribution in [2.45, 2.75) is 0 Å². The molecule has 5 nitrogen and oxygen atoms in total. The van der Waals surface area contributed by atoms with Crippen LogP contribution < -0.4 is 0 Å². The van der Waals surface area contributed by atoms with E-state index in [9.17, 15) is 9.13 Å². The van der Waals surface area contributed by atoms with Gasteiger partial charge in [-0.05, 0) is 0 Å². The first-order chi connectivity index (χ1) is 3.13. The molecule has 0 fully saturated rings. The number of hydrogen-bond donors (Lipinski definition) is 2. The van der Waals surface area contributed by atoms with Gasteiger partial charge in [0.15, 0.2) is 4.31 Å². The zero-order valence-corrected chi connectivity index (χ0v) is 14.0. The Morgan fingerprint density at radius 1 is 1.11 bits per heavy atom. The molecule has 0 aliphatic carbocycles. The van der Waals surface area contributed by atoms with E-state index in [1.807, 2.05) is 0 Å². The van der Waals surface area contributed by atoms with Crippen molar-refractivity contribution >= 4 is 42.7 Å². The fraction of sp³-hybridized carbons (Fsp3) is 0. The number of rotatable bonds is 2. The zero-order valence-electron chi connectivity index (χ0n) is 4.22. The van der Waals surface area contributed by atoms with Gasteiger partial charge in [0.05, 0.1) is 0 Å². The van der Waals surface area contributed by atoms with E-state index in [4.69, 9.17) is 9.79 Å². The summed E-state index contributed by atoms with van der Waals surface area (Å²) in [5.74, 6) is 0. The van der Waals surface area contributed by atoms with Crippen molar-refractivity contribution < 1.29 is 49.4 Å². The summed E-state index contributed by atoms with van der Waals surface area (Å²) in [5.41, 5.74) is 0. The summed E-state index contributed by atoms with van der Waals surface area (Å²) in [6.07, 6.45) is 0. The van der Waals surface area contributed by atoms with Crippen LogP contribution in [0.4, 0.5) is 0 Å². The van der Waals surface area contributed by atoms with E-state index in [0.29, 0.717) is 0 Å². The molecule has 0 radical (unpaired) electrons. The molecule has 0 aliphatic rings. The molecule has 0 amide bonds. The van der Waals surface area contributed by atoms with E-state index in [0.717, 1.165) is 0 Å². The zero-order chi connectivity index (χ0) is 5.86. The Morgan fingerprint density at radius 2 is 1.33 bits per heavy atom. The molecule has 2 atom stereocenters. The van der Waals surface area contributed by atoms with Crippen molar-refractivity contribution in [2.24, 2.45) is 0 Å². The Kier molecular flexibility index (Phi) is 18.7. The van der Waals surface area contributed by atoms with Gasteiger partial charge < -0.3 is 0 Å². The van der Waals surface area contributed by atoms with E-state index >= 15 is 0 Å². The van der Waals surface area contributed by atoms with Gasteiger partial charge in [-0.2, -0.15) is 0 Å². The monoisotopic (exact) mass is 446 g/mol. The topological polar surface area (TPSA) is 83.8 Å². The molecule has 0 aromatic rings. The van der Waals surface area contributed by atoms with Crippen LogP contribution in [0, 0.1) is 0 Å². The van der Waals surface area contributed by atoms with Gasteiger partial charge in [-0.3, -0.25) is 0 Å². The molecule has 2 unspecified atom stereocenters. The van der Waals surface area contributed by atoms with Gasteiger partial charge in [-0.15, -0.1) is 9.79 Å². The van der Waals surface area contributed by atoms with Gasteiger partial charge in [-0.1, -0.05) is 0 Å². The second kappa shape index (κ2) is 9.85. The van der Waals surface area contributed by atoms with Crippen molar-refractivity contribution in [2.75, 3.05) is 0 Å². The second-order valence-corrected chi connectivity index (χ2v) is 2.16. The van der Waals surface area contributed by atoms with Crippen LogP contribution in [0.25, 0.3) is 0 Å². The van der Waals surface area contributed by atoms with Crippen molar-refractivity contribution in [3.63, 3.8) is 0 Å². The largest absolute Gasteiger partial charge is 0 e. The number of hydrogen-bond acceptors (Lipinski definition) is 3. The molecule has 0 aliphatic heterocycles. The minimum Gasteiger partial charge on any atom is 0 e. The quantitative estimate of drug-likeness (QED) is 0.425. The summed E-state index contributed by atoms with van der Waals surface area (Å²) in [5, 5.41) is 0. The normalized spacial score (nSPS) is 10.4. The van der Waals surface area contributed by atoms with E-state index < -0.39 is 16.5 Å². The van der Waals surface area contributed by atoms with Crippen molar-refractivity contribution in [3.05, 3.63) is 0 Å². The van der Waals surface area contributed by atoms with E-state index in [1.165, 1.54) is 0 Å². The Bertz CT molecular complexity index is 91.1. The summed E-state index contributed by atoms with van der Waals surface area (Å²) < 4.78 is 22.2. The van der Waals surface area contributed by atoms with Crippen LogP contribution in [0.3, 0.4) is 0 Å². The van der Waals surface area contributed by atoms with Crippen LogP contribution in [0.5, 0.6) is 0 Å². The van der Waals surface area contributed by atoms with Crippen molar-refractivity contribution in [3.8, 4) is 0 Å². The molecule has 0 bridgehead atoms. The first-order valence-corrected chi connectivity index (χ1v) is 3.39. The van der Waals surface area contributed by atoms with Crippen LogP contribution in [-0.2, 0) is 39.6 Å². The minimum absolute atomic E-state index is 0. The molecule has 2 N–H and O–H groups in total. The van der Waals surface area contributed by atoms with E-state index in [1.54, 1.807) is 0 Å². The molecule has 0 saturated carbocycles. The van der Waals surface area contributed by atoms with E-state index in [2.05, 4.69) is 4.31 Å². The maximum atomic E-state index is 9.39. The van der Waals surface area contributed by atoms with E-state index in [-0.39, 0.29) is 52.4 Å². The van der Waals surface area contributed by atoms with Gasteiger partial charge >= 0.3 is 42.7 Å². The maximum Gasteiger partial charge on any atom is 0 e. The van der Waals surface area contributed by atoms with Gasteiger partial charge in [0.25, 0.3) is 0 Å². The molecule has 0 aromatic heterocycles. The summed E-state index contributed by atoms with van der Waals surface area (Å²) in [4.78, 5) is 15.3. The third kappa shape index (κ3) is 17.7. The Hall–Kier alpha value is 1.85. The smallest absolute Gasteiger partial charge is 0 e. The Balaban J connectivity index is -0.000000180. The molecule has 0 aromatic carbocycles. The standard InChI is InChI=1S/Bi.O5P2.Zr.3H/c;1-6(2)5-7(3)4;;;;/p+2. The van der Waals surface area contributed by atoms with Crippen molar-refractivity contribution in [1.29, 1.82) is 0 Å². The van der Waals surface area contributed by atoms with Crippen LogP contribution in [0.1, 0.15) is 0 Å².